The van der Waals surface area contributed by atoms with Crippen molar-refractivity contribution >= 4 is 5.97 Å². The molecule has 0 atom stereocenters. The van der Waals surface area contributed by atoms with Gasteiger partial charge >= 0.3 is 5.97 Å². The molecule has 1 aliphatic rings. The highest BCUT2D eigenvalue weighted by molar-refractivity contribution is 5.69. The number of likely N-dealkylation sites (tertiary alicyclic amines) is 1. The quantitative estimate of drug-likeness (QED) is 0.564. The second-order valence-corrected chi connectivity index (χ2v) is 6.38. The van der Waals surface area contributed by atoms with Gasteiger partial charge in [0.1, 0.15) is 11.5 Å². The maximum absolute atomic E-state index is 10.8. The van der Waals surface area contributed by atoms with Crippen LogP contribution in [0.25, 0.3) is 0 Å². The first-order valence-corrected chi connectivity index (χ1v) is 11.4. The van der Waals surface area contributed by atoms with E-state index in [2.05, 4.69) is 25.1 Å². The highest BCUT2D eigenvalue weighted by Gasteiger charge is 2.22. The van der Waals surface area contributed by atoms with Gasteiger partial charge in [-0.1, -0.05) is 71.9 Å². The summed E-state index contributed by atoms with van der Waals surface area (Å²) in [5.41, 5.74) is 2.40. The van der Waals surface area contributed by atoms with Gasteiger partial charge in [-0.2, -0.15) is 0 Å². The Balaban J connectivity index is 0.00000129. The van der Waals surface area contributed by atoms with Crippen molar-refractivity contribution in [3.05, 3.63) is 59.7 Å². The van der Waals surface area contributed by atoms with Crippen LogP contribution in [0.3, 0.4) is 0 Å². The molecule has 0 saturated carbocycles. The van der Waals surface area contributed by atoms with Crippen LogP contribution in [0.4, 0.5) is 0 Å². The molecule has 0 radical (unpaired) electrons. The van der Waals surface area contributed by atoms with Gasteiger partial charge in [0.05, 0.1) is 6.54 Å². The third-order valence-electron chi connectivity index (χ3n) is 4.60. The molecule has 0 unspecified atom stereocenters. The van der Waals surface area contributed by atoms with Crippen LogP contribution in [0.2, 0.25) is 0 Å². The van der Waals surface area contributed by atoms with Crippen LogP contribution < -0.4 is 4.74 Å². The molecule has 2 aromatic carbocycles. The molecule has 0 aromatic heterocycles. The van der Waals surface area contributed by atoms with Gasteiger partial charge in [-0.25, -0.2) is 0 Å². The van der Waals surface area contributed by atoms with Gasteiger partial charge in [-0.15, -0.1) is 0 Å². The summed E-state index contributed by atoms with van der Waals surface area (Å²) in [6.45, 7) is 15.9. The molecule has 30 heavy (non-hydrogen) atoms. The van der Waals surface area contributed by atoms with E-state index in [1.165, 1.54) is 5.56 Å². The molecule has 1 aliphatic heterocycles. The molecule has 4 heteroatoms. The minimum atomic E-state index is -0.748. The molecule has 0 bridgehead atoms. The Morgan fingerprint density at radius 3 is 2.07 bits per heavy atom. The summed E-state index contributed by atoms with van der Waals surface area (Å²) in [7, 11) is 0. The van der Waals surface area contributed by atoms with Gasteiger partial charge in [-0.3, -0.25) is 9.69 Å². The lowest BCUT2D eigenvalue weighted by Crippen LogP contribution is -2.36. The zero-order valence-electron chi connectivity index (χ0n) is 19.9. The summed E-state index contributed by atoms with van der Waals surface area (Å²) >= 11 is 0. The van der Waals surface area contributed by atoms with Crippen molar-refractivity contribution in [2.45, 2.75) is 67.2 Å². The van der Waals surface area contributed by atoms with Crippen molar-refractivity contribution in [1.82, 2.24) is 4.90 Å². The molecule has 168 valence electrons. The number of aryl methyl sites for hydroxylation is 1. The van der Waals surface area contributed by atoms with Gasteiger partial charge in [0.2, 0.25) is 0 Å². The molecule has 0 aliphatic carbocycles. The Morgan fingerprint density at radius 1 is 0.967 bits per heavy atom. The van der Waals surface area contributed by atoms with E-state index < -0.39 is 5.97 Å². The average Bonchev–Trinajstić information content (AvgIpc) is 2.80. The number of carboxylic acids is 1. The van der Waals surface area contributed by atoms with E-state index in [9.17, 15) is 4.79 Å². The van der Waals surface area contributed by atoms with Crippen LogP contribution in [0, 0.1) is 6.92 Å². The number of aliphatic carboxylic acids is 1. The Hall–Kier alpha value is -2.33. The van der Waals surface area contributed by atoms with E-state index in [0.717, 1.165) is 43.0 Å². The van der Waals surface area contributed by atoms with Crippen LogP contribution in [0.1, 0.15) is 71.4 Å². The first-order valence-electron chi connectivity index (χ1n) is 11.4. The van der Waals surface area contributed by atoms with E-state index in [1.54, 1.807) is 0 Å². The zero-order valence-corrected chi connectivity index (χ0v) is 19.9. The minimum Gasteiger partial charge on any atom is -0.480 e. The van der Waals surface area contributed by atoms with Crippen LogP contribution in [-0.2, 0) is 4.79 Å². The molecular weight excluding hydrogens is 374 g/mol. The lowest BCUT2D eigenvalue weighted by molar-refractivity contribution is -0.138. The zero-order chi connectivity index (χ0) is 22.9. The van der Waals surface area contributed by atoms with Crippen molar-refractivity contribution in [2.75, 3.05) is 19.6 Å². The van der Waals surface area contributed by atoms with Gasteiger partial charge in [0, 0.05) is 0 Å². The van der Waals surface area contributed by atoms with E-state index in [1.807, 2.05) is 76.8 Å². The predicted octanol–water partition coefficient (Wildman–Crippen LogP) is 7.13. The van der Waals surface area contributed by atoms with Crippen molar-refractivity contribution in [1.29, 1.82) is 0 Å². The summed E-state index contributed by atoms with van der Waals surface area (Å²) < 4.78 is 6.03. The molecule has 2 aromatic rings. The Bertz CT molecular complexity index is 693. The van der Waals surface area contributed by atoms with Crippen molar-refractivity contribution in [3.63, 3.8) is 0 Å². The van der Waals surface area contributed by atoms with E-state index in [-0.39, 0.29) is 6.54 Å². The Kier molecular flexibility index (Phi) is 15.2. The van der Waals surface area contributed by atoms with Crippen molar-refractivity contribution in [2.24, 2.45) is 0 Å². The second kappa shape index (κ2) is 16.5. The molecule has 0 spiro atoms. The first kappa shape index (κ1) is 27.7. The van der Waals surface area contributed by atoms with Crippen LogP contribution in [-0.4, -0.2) is 35.6 Å². The van der Waals surface area contributed by atoms with Crippen LogP contribution in [0.15, 0.2) is 48.5 Å². The maximum Gasteiger partial charge on any atom is 0.317 e. The number of nitrogens with zero attached hydrogens (tertiary/aromatic N) is 1. The fourth-order valence-electron chi connectivity index (χ4n) is 3.21. The molecular formula is C26H41NO3. The number of carboxylic acid groups (broad SMARTS) is 1. The van der Waals surface area contributed by atoms with Crippen LogP contribution >= 0.6 is 0 Å². The lowest BCUT2D eigenvalue weighted by Gasteiger charge is -2.31. The number of benzene rings is 2. The molecule has 1 saturated heterocycles. The average molecular weight is 416 g/mol. The Morgan fingerprint density at radius 2 is 1.53 bits per heavy atom. The molecule has 0 amide bonds. The van der Waals surface area contributed by atoms with Gasteiger partial charge in [-0.05, 0) is 68.1 Å². The number of ether oxygens (including phenoxy) is 1. The fraction of sp³-hybridized carbons (Fsp3) is 0.500. The maximum atomic E-state index is 10.8. The SMILES string of the molecule is CC.CC.CC.Cc1ccc(C2CCN(CC(=O)O)CC2)cc1Oc1ccccc1. The molecule has 3 rings (SSSR count). The normalized spacial score (nSPS) is 13.4. The van der Waals surface area contributed by atoms with Gasteiger partial charge in [0.25, 0.3) is 0 Å². The molecule has 4 nitrogen and oxygen atoms in total. The van der Waals surface area contributed by atoms with Gasteiger partial charge in [0.15, 0.2) is 0 Å². The van der Waals surface area contributed by atoms with E-state index in [0.29, 0.717) is 5.92 Å². The number of para-hydroxylation sites is 1. The highest BCUT2D eigenvalue weighted by Crippen LogP contribution is 2.33. The number of piperidine rings is 1. The monoisotopic (exact) mass is 415 g/mol. The topological polar surface area (TPSA) is 49.8 Å². The second-order valence-electron chi connectivity index (χ2n) is 6.38. The molecule has 1 heterocycles. The smallest absolute Gasteiger partial charge is 0.317 e. The van der Waals surface area contributed by atoms with E-state index in [4.69, 9.17) is 9.84 Å². The molecule has 1 N–H and O–H groups in total. The number of hydrogen-bond acceptors (Lipinski definition) is 3. The fourth-order valence-corrected chi connectivity index (χ4v) is 3.21. The van der Waals surface area contributed by atoms with Crippen molar-refractivity contribution < 1.29 is 14.6 Å². The summed E-state index contributed by atoms with van der Waals surface area (Å²) in [6.07, 6.45) is 1.97. The molecule has 1 fully saturated rings. The predicted molar refractivity (Wildman–Crippen MR) is 128 cm³/mol. The lowest BCUT2D eigenvalue weighted by atomic mass is 9.89. The summed E-state index contributed by atoms with van der Waals surface area (Å²) in [6, 6.07) is 16.2. The summed E-state index contributed by atoms with van der Waals surface area (Å²) in [5, 5.41) is 8.90. The third-order valence-corrected chi connectivity index (χ3v) is 4.60. The number of carbonyl (C=O) groups is 1. The first-order chi connectivity index (χ1) is 14.6. The Labute approximate surface area is 183 Å². The summed E-state index contributed by atoms with van der Waals surface area (Å²) in [5.74, 6) is 1.46. The van der Waals surface area contributed by atoms with Crippen molar-refractivity contribution in [3.8, 4) is 11.5 Å². The largest absolute Gasteiger partial charge is 0.480 e. The van der Waals surface area contributed by atoms with E-state index >= 15 is 0 Å². The highest BCUT2D eigenvalue weighted by atomic mass is 16.5. The van der Waals surface area contributed by atoms with Gasteiger partial charge < -0.3 is 9.84 Å². The number of hydrogen-bond donors (Lipinski definition) is 1. The minimum absolute atomic E-state index is 0.142. The number of rotatable bonds is 5. The third kappa shape index (κ3) is 9.45. The van der Waals surface area contributed by atoms with Crippen LogP contribution in [0.5, 0.6) is 11.5 Å². The summed E-state index contributed by atoms with van der Waals surface area (Å²) in [4.78, 5) is 12.8. The standard InChI is InChI=1S/C20H23NO3.3C2H6/c1-15-7-8-17(13-19(15)24-18-5-3-2-4-6-18)16-9-11-21(12-10-16)14-20(22)23;3*1-2/h2-8,13,16H,9-12,14H2,1H3,(H,22,23);3*1-2H3.